The summed E-state index contributed by atoms with van der Waals surface area (Å²) in [6, 6.07) is 10.2. The van der Waals surface area contributed by atoms with Gasteiger partial charge < -0.3 is 15.0 Å². The van der Waals surface area contributed by atoms with Crippen molar-refractivity contribution in [2.45, 2.75) is 6.54 Å². The molecule has 0 unspecified atom stereocenters. The molecule has 20 heavy (non-hydrogen) atoms. The molecule has 0 radical (unpaired) electrons. The van der Waals surface area contributed by atoms with Gasteiger partial charge >= 0.3 is 0 Å². The Hall–Kier alpha value is -1.37. The summed E-state index contributed by atoms with van der Waals surface area (Å²) in [6.45, 7) is 1.35. The van der Waals surface area contributed by atoms with Gasteiger partial charge in [0.15, 0.2) is 0 Å². The molecule has 1 aromatic carbocycles. The van der Waals surface area contributed by atoms with Gasteiger partial charge in [-0.3, -0.25) is 0 Å². The van der Waals surface area contributed by atoms with Crippen molar-refractivity contribution in [2.24, 2.45) is 0 Å². The number of anilines is 1. The maximum Gasteiger partial charge on any atom is 0.204 e. The highest BCUT2D eigenvalue weighted by Gasteiger charge is 2.11. The summed E-state index contributed by atoms with van der Waals surface area (Å²) in [4.78, 5) is 4.59. The van der Waals surface area contributed by atoms with E-state index >= 15 is 0 Å². The van der Waals surface area contributed by atoms with Gasteiger partial charge in [0.05, 0.1) is 28.0 Å². The fourth-order valence-electron chi connectivity index (χ4n) is 2.15. The number of aromatic nitrogens is 2. The Morgan fingerprint density at radius 1 is 1.35 bits per heavy atom. The van der Waals surface area contributed by atoms with E-state index in [4.69, 9.17) is 5.11 Å². The minimum Gasteiger partial charge on any atom is -0.395 e. The van der Waals surface area contributed by atoms with Gasteiger partial charge in [-0.25, -0.2) is 4.98 Å². The van der Waals surface area contributed by atoms with E-state index in [1.165, 1.54) is 5.56 Å². The summed E-state index contributed by atoms with van der Waals surface area (Å²) >= 11 is 5.17. The number of rotatable bonds is 5. The zero-order valence-electron chi connectivity index (χ0n) is 10.7. The summed E-state index contributed by atoms with van der Waals surface area (Å²) in [5, 5.41) is 14.3. The normalized spacial score (nSPS) is 11.1. The van der Waals surface area contributed by atoms with Crippen molar-refractivity contribution in [1.82, 2.24) is 9.55 Å². The van der Waals surface area contributed by atoms with Crippen LogP contribution in [-0.4, -0.2) is 27.8 Å². The highest BCUT2D eigenvalue weighted by Crippen LogP contribution is 2.25. The number of nitrogens with zero attached hydrogens (tertiary/aromatic N) is 2. The third-order valence-corrected chi connectivity index (χ3v) is 4.57. The quantitative estimate of drug-likeness (QED) is 0.741. The van der Waals surface area contributed by atoms with E-state index in [1.54, 1.807) is 11.3 Å². The van der Waals surface area contributed by atoms with Crippen LogP contribution in [0.15, 0.2) is 39.5 Å². The smallest absolute Gasteiger partial charge is 0.204 e. The lowest BCUT2D eigenvalue weighted by atomic mass is 10.3. The molecule has 0 fully saturated rings. The Bertz CT molecular complexity index is 722. The molecule has 0 aliphatic carbocycles. The number of benzene rings is 1. The number of aliphatic hydroxyl groups excluding tert-OH is 1. The van der Waals surface area contributed by atoms with Crippen molar-refractivity contribution in [3.63, 3.8) is 0 Å². The minimum atomic E-state index is 0.0905. The summed E-state index contributed by atoms with van der Waals surface area (Å²) in [6.07, 6.45) is 0. The van der Waals surface area contributed by atoms with E-state index in [2.05, 4.69) is 48.3 Å². The molecule has 0 aliphatic heterocycles. The first-order chi connectivity index (χ1) is 9.78. The van der Waals surface area contributed by atoms with Crippen LogP contribution in [0, 0.1) is 0 Å². The zero-order valence-corrected chi connectivity index (χ0v) is 13.1. The molecule has 4 nitrogen and oxygen atoms in total. The number of aliphatic hydroxyl groups is 1. The number of nitrogens with one attached hydrogen (secondary N) is 1. The van der Waals surface area contributed by atoms with Gasteiger partial charge in [-0.2, -0.15) is 0 Å². The highest BCUT2D eigenvalue weighted by molar-refractivity contribution is 9.11. The van der Waals surface area contributed by atoms with Gasteiger partial charge in [0.25, 0.3) is 0 Å². The lowest BCUT2D eigenvalue weighted by Gasteiger charge is -2.09. The molecule has 2 N–H and O–H groups in total. The number of thiophene rings is 1. The second-order valence-corrected chi connectivity index (χ2v) is 6.71. The first-order valence-corrected chi connectivity index (χ1v) is 7.98. The fraction of sp³-hybridized carbons (Fsp3) is 0.214. The lowest BCUT2D eigenvalue weighted by molar-refractivity contribution is 0.310. The molecular formula is C14H14BrN3OS. The Kier molecular flexibility index (Phi) is 4.05. The third kappa shape index (κ3) is 2.72. The molecule has 0 saturated heterocycles. The van der Waals surface area contributed by atoms with Crippen LogP contribution in [0.3, 0.4) is 0 Å². The van der Waals surface area contributed by atoms with Gasteiger partial charge in [-0.05, 0) is 45.1 Å². The second kappa shape index (κ2) is 5.95. The molecule has 0 aliphatic rings. The number of hydrogen-bond donors (Lipinski definition) is 2. The molecule has 0 saturated carbocycles. The van der Waals surface area contributed by atoms with E-state index < -0.39 is 0 Å². The van der Waals surface area contributed by atoms with Crippen LogP contribution in [0.1, 0.15) is 5.56 Å². The molecule has 0 amide bonds. The van der Waals surface area contributed by atoms with Crippen LogP contribution in [0.25, 0.3) is 11.0 Å². The number of imidazole rings is 1. The number of halogens is 1. The van der Waals surface area contributed by atoms with Gasteiger partial charge in [-0.1, -0.05) is 12.1 Å². The molecule has 0 bridgehead atoms. The molecule has 0 spiro atoms. The van der Waals surface area contributed by atoms with E-state index in [0.717, 1.165) is 27.3 Å². The average molecular weight is 352 g/mol. The highest BCUT2D eigenvalue weighted by atomic mass is 79.9. The first-order valence-electron chi connectivity index (χ1n) is 6.31. The minimum absolute atomic E-state index is 0.0905. The van der Waals surface area contributed by atoms with Crippen molar-refractivity contribution < 1.29 is 5.11 Å². The van der Waals surface area contributed by atoms with Crippen LogP contribution in [0.5, 0.6) is 0 Å². The summed E-state index contributed by atoms with van der Waals surface area (Å²) < 4.78 is 3.27. The van der Waals surface area contributed by atoms with E-state index in [1.807, 2.05) is 18.2 Å². The Morgan fingerprint density at radius 3 is 2.95 bits per heavy atom. The number of hydrogen-bond acceptors (Lipinski definition) is 4. The topological polar surface area (TPSA) is 50.1 Å². The van der Waals surface area contributed by atoms with E-state index in [0.29, 0.717) is 6.54 Å². The van der Waals surface area contributed by atoms with Gasteiger partial charge in [0.1, 0.15) is 0 Å². The van der Waals surface area contributed by atoms with Gasteiger partial charge in [0.2, 0.25) is 5.95 Å². The molecular weight excluding hydrogens is 338 g/mol. The SMILES string of the molecule is OCCNc1nc2ccccc2n1Cc1csc(Br)c1. The molecule has 104 valence electrons. The standard InChI is InChI=1S/C14H14BrN3OS/c15-13-7-10(9-20-13)8-18-12-4-2-1-3-11(12)17-14(18)16-5-6-19/h1-4,7,9,19H,5-6,8H2,(H,16,17). The summed E-state index contributed by atoms with van der Waals surface area (Å²) in [5.41, 5.74) is 3.29. The van der Waals surface area contributed by atoms with Crippen molar-refractivity contribution >= 4 is 44.2 Å². The molecule has 2 aromatic heterocycles. The van der Waals surface area contributed by atoms with E-state index in [9.17, 15) is 0 Å². The van der Waals surface area contributed by atoms with Crippen molar-refractivity contribution in [1.29, 1.82) is 0 Å². The average Bonchev–Trinajstić information content (AvgIpc) is 3.02. The van der Waals surface area contributed by atoms with Crippen LogP contribution < -0.4 is 5.32 Å². The van der Waals surface area contributed by atoms with Gasteiger partial charge in [-0.15, -0.1) is 11.3 Å². The molecule has 3 rings (SSSR count). The van der Waals surface area contributed by atoms with Crippen molar-refractivity contribution in [3.05, 3.63) is 45.1 Å². The van der Waals surface area contributed by atoms with Crippen LogP contribution in [0.2, 0.25) is 0 Å². The maximum absolute atomic E-state index is 8.98. The Balaban J connectivity index is 2.01. The monoisotopic (exact) mass is 351 g/mol. The van der Waals surface area contributed by atoms with Crippen LogP contribution in [0.4, 0.5) is 5.95 Å². The zero-order chi connectivity index (χ0) is 13.9. The summed E-state index contributed by atoms with van der Waals surface area (Å²) in [5.74, 6) is 0.794. The predicted octanol–water partition coefficient (Wildman–Crippen LogP) is 3.31. The third-order valence-electron chi connectivity index (χ3n) is 3.01. The van der Waals surface area contributed by atoms with Crippen molar-refractivity contribution in [2.75, 3.05) is 18.5 Å². The van der Waals surface area contributed by atoms with Gasteiger partial charge in [0, 0.05) is 6.54 Å². The number of fused-ring (bicyclic) bond motifs is 1. The first kappa shape index (κ1) is 13.6. The lowest BCUT2D eigenvalue weighted by Crippen LogP contribution is -2.11. The molecule has 6 heteroatoms. The largest absolute Gasteiger partial charge is 0.395 e. The predicted molar refractivity (Wildman–Crippen MR) is 86.4 cm³/mol. The summed E-state index contributed by atoms with van der Waals surface area (Å²) in [7, 11) is 0. The van der Waals surface area contributed by atoms with Crippen molar-refractivity contribution in [3.8, 4) is 0 Å². The molecule has 0 atom stereocenters. The molecule has 2 heterocycles. The van der Waals surface area contributed by atoms with Crippen LogP contribution >= 0.6 is 27.3 Å². The van der Waals surface area contributed by atoms with E-state index in [-0.39, 0.29) is 6.61 Å². The maximum atomic E-state index is 8.98. The fourth-order valence-corrected chi connectivity index (χ4v) is 3.35. The molecule has 3 aromatic rings. The number of para-hydroxylation sites is 2. The van der Waals surface area contributed by atoms with Crippen LogP contribution in [-0.2, 0) is 6.54 Å². The second-order valence-electron chi connectivity index (χ2n) is 4.42. The Morgan fingerprint density at radius 2 is 2.20 bits per heavy atom. The Labute approximate surface area is 129 Å².